The van der Waals surface area contributed by atoms with Gasteiger partial charge < -0.3 is 45.0 Å². The minimum atomic E-state index is -5.19. The topological polar surface area (TPSA) is 193 Å². The molecule has 0 radical (unpaired) electrons. The molecular weight excluding hydrogens is 863 g/mol. The molecule has 4 aromatic carbocycles. The molecule has 2 heterocycles. The molecule has 2 amide bonds. The second-order valence-electron chi connectivity index (χ2n) is 15.3. The zero-order valence-electron chi connectivity index (χ0n) is 33.5. The lowest BCUT2D eigenvalue weighted by molar-refractivity contribution is -0.896. The Bertz CT molecular complexity index is 2380. The van der Waals surface area contributed by atoms with Crippen molar-refractivity contribution < 1.29 is 52.1 Å². The predicted molar refractivity (Wildman–Crippen MR) is 227 cm³/mol. The third-order valence-electron chi connectivity index (χ3n) is 10.1. The number of carboxylic acid groups (broad SMARTS) is 1. The Kier molecular flexibility index (Phi) is 15.7. The third-order valence-corrected chi connectivity index (χ3v) is 10.8. The molecule has 1 aliphatic heterocycles. The van der Waals surface area contributed by atoms with Gasteiger partial charge in [0.15, 0.2) is 0 Å². The summed E-state index contributed by atoms with van der Waals surface area (Å²) in [4.78, 5) is 49.1. The summed E-state index contributed by atoms with van der Waals surface area (Å²) in [5, 5.41) is 39.6. The maximum atomic E-state index is 13.0. The molecular formula is C44H47BrF3N5O8. The quantitative estimate of drug-likeness (QED) is 0.0713. The van der Waals surface area contributed by atoms with E-state index < -0.39 is 24.3 Å². The number of amides is 2. The fourth-order valence-corrected chi connectivity index (χ4v) is 7.35. The minimum absolute atomic E-state index is 0.0576. The summed E-state index contributed by atoms with van der Waals surface area (Å²) in [5.41, 5.74) is 5.72. The average Bonchev–Trinajstić information content (AvgIpc) is 3.20. The van der Waals surface area contributed by atoms with Gasteiger partial charge in [-0.05, 0) is 81.4 Å². The number of aromatic hydroxyl groups is 1. The number of benzene rings is 4. The Morgan fingerprint density at radius 1 is 0.934 bits per heavy atom. The number of halogens is 4. The van der Waals surface area contributed by atoms with Crippen LogP contribution in [-0.2, 0) is 27.3 Å². The lowest BCUT2D eigenvalue weighted by Gasteiger charge is -2.36. The van der Waals surface area contributed by atoms with Gasteiger partial charge in [-0.1, -0.05) is 54.6 Å². The van der Waals surface area contributed by atoms with Crippen molar-refractivity contribution in [2.24, 2.45) is 0 Å². The standard InChI is InChI=1S/C42H46BrN5O6.C2HF3O2/c1-48(2)21-19-30(20-22-48)54-42(53)46-36-24-27(11-13-31(36)29-8-4-3-5-9-29)7-6-10-39(51)45-35-16-12-28(23-34(35)43)25-44-26-38(50)32-14-17-37(49)41-33(32)15-18-40(52)47-41;3-2(4,5)1(6)7/h3-5,8-9,11-18,23-24,30,38,44,50H,6-7,10,19-22,25-26H2,1-2H3,(H3-,45,46,47,49,51,52,53);(H,6,7)/t38-;/m0./s1. The van der Waals surface area contributed by atoms with Crippen LogP contribution in [0, 0.1) is 0 Å². The van der Waals surface area contributed by atoms with Gasteiger partial charge in [0.2, 0.25) is 11.5 Å². The van der Waals surface area contributed by atoms with E-state index in [1.165, 1.54) is 12.1 Å². The number of aliphatic hydroxyl groups excluding tert-OH is 1. The molecule has 1 aromatic heterocycles. The van der Waals surface area contributed by atoms with Crippen LogP contribution in [-0.4, -0.2) is 83.7 Å². The number of nitrogens with zero attached hydrogens (tertiary/aromatic N) is 1. The maximum Gasteiger partial charge on any atom is 0.430 e. The van der Waals surface area contributed by atoms with Gasteiger partial charge in [-0.15, -0.1) is 0 Å². The summed E-state index contributed by atoms with van der Waals surface area (Å²) in [6, 6.07) is 27.6. The highest BCUT2D eigenvalue weighted by Crippen LogP contribution is 2.31. The van der Waals surface area contributed by atoms with Crippen LogP contribution in [0.1, 0.15) is 48.5 Å². The fourth-order valence-electron chi connectivity index (χ4n) is 6.82. The first-order chi connectivity index (χ1) is 28.9. The van der Waals surface area contributed by atoms with E-state index in [1.54, 1.807) is 12.1 Å². The van der Waals surface area contributed by atoms with E-state index in [2.05, 4.69) is 51.0 Å². The van der Waals surface area contributed by atoms with E-state index in [0.717, 1.165) is 57.1 Å². The number of ether oxygens (including phenoxy) is 1. The summed E-state index contributed by atoms with van der Waals surface area (Å²) in [7, 11) is 4.39. The smallest absolute Gasteiger partial charge is 0.430 e. The number of quaternary nitrogens is 1. The van der Waals surface area contributed by atoms with Gasteiger partial charge in [0, 0.05) is 53.8 Å². The number of pyridine rings is 1. The summed E-state index contributed by atoms with van der Waals surface area (Å²) < 4.78 is 39.0. The van der Waals surface area contributed by atoms with E-state index in [1.807, 2.05) is 66.7 Å². The second kappa shape index (κ2) is 20.7. The SMILES string of the molecule is C[N+]1(C)CCC(OC(=O)Nc2cc(CCCC(=O)Nc3ccc(CNC[C@H](O)c4ccc(O)c5[nH]c(=O)ccc45)cc3Br)ccc2-c2ccccc2)CC1.O=C([O-])C(F)(F)F. The zero-order valence-corrected chi connectivity index (χ0v) is 35.1. The molecule has 6 N–H and O–H groups in total. The Labute approximate surface area is 358 Å². The molecule has 1 saturated heterocycles. The summed E-state index contributed by atoms with van der Waals surface area (Å²) >= 11 is 3.58. The summed E-state index contributed by atoms with van der Waals surface area (Å²) in [6.07, 6.45) is -3.36. The third kappa shape index (κ3) is 13.6. The van der Waals surface area contributed by atoms with Crippen molar-refractivity contribution in [2.45, 2.75) is 57.0 Å². The Morgan fingerprint density at radius 2 is 1.62 bits per heavy atom. The molecule has 1 aliphatic rings. The van der Waals surface area contributed by atoms with Crippen molar-refractivity contribution in [3.05, 3.63) is 123 Å². The lowest BCUT2D eigenvalue weighted by Crippen LogP contribution is -2.48. The number of likely N-dealkylation sites (tertiary alicyclic amines) is 1. The first-order valence-corrected chi connectivity index (χ1v) is 20.3. The monoisotopic (exact) mass is 909 g/mol. The van der Waals surface area contributed by atoms with Gasteiger partial charge in [-0.2, -0.15) is 13.2 Å². The molecule has 17 heteroatoms. The van der Waals surface area contributed by atoms with E-state index in [0.29, 0.717) is 48.1 Å². The van der Waals surface area contributed by atoms with E-state index in [-0.39, 0.29) is 35.4 Å². The molecule has 324 valence electrons. The number of aliphatic hydroxyl groups is 1. The number of aryl methyl sites for hydroxylation is 1. The van der Waals surface area contributed by atoms with Crippen LogP contribution in [0.15, 0.2) is 100 Å². The number of carbonyl (C=O) groups is 3. The second-order valence-corrected chi connectivity index (χ2v) is 16.1. The van der Waals surface area contributed by atoms with Crippen molar-refractivity contribution in [1.29, 1.82) is 0 Å². The maximum absolute atomic E-state index is 13.0. The predicted octanol–water partition coefficient (Wildman–Crippen LogP) is 6.53. The summed E-state index contributed by atoms with van der Waals surface area (Å²) in [5.74, 6) is -3.17. The molecule has 0 spiro atoms. The van der Waals surface area contributed by atoms with Crippen molar-refractivity contribution in [3.63, 3.8) is 0 Å². The highest BCUT2D eigenvalue weighted by atomic mass is 79.9. The molecule has 1 fully saturated rings. The number of nitrogens with one attached hydrogen (secondary N) is 4. The number of H-pyrrole nitrogens is 1. The van der Waals surface area contributed by atoms with Crippen LogP contribution in [0.5, 0.6) is 5.75 Å². The van der Waals surface area contributed by atoms with Gasteiger partial charge in [0.1, 0.15) is 17.8 Å². The van der Waals surface area contributed by atoms with Crippen molar-refractivity contribution in [1.82, 2.24) is 10.3 Å². The van der Waals surface area contributed by atoms with Gasteiger partial charge in [0.05, 0.1) is 50.2 Å². The van der Waals surface area contributed by atoms with Crippen LogP contribution in [0.3, 0.4) is 0 Å². The Balaban J connectivity index is 0.000000925. The van der Waals surface area contributed by atoms with Gasteiger partial charge in [0.25, 0.3) is 0 Å². The number of hydrogen-bond acceptors (Lipinski definition) is 9. The molecule has 5 aromatic rings. The Morgan fingerprint density at radius 3 is 2.30 bits per heavy atom. The number of anilines is 2. The van der Waals surface area contributed by atoms with Crippen LogP contribution in [0.4, 0.5) is 29.3 Å². The summed E-state index contributed by atoms with van der Waals surface area (Å²) in [6.45, 7) is 2.64. The number of phenols is 1. The average molecular weight is 911 g/mol. The largest absolute Gasteiger partial charge is 0.542 e. The molecule has 13 nitrogen and oxygen atoms in total. The van der Waals surface area contributed by atoms with E-state index in [4.69, 9.17) is 14.6 Å². The molecule has 61 heavy (non-hydrogen) atoms. The zero-order chi connectivity index (χ0) is 44.3. The van der Waals surface area contributed by atoms with Gasteiger partial charge in [-0.25, -0.2) is 4.79 Å². The highest BCUT2D eigenvalue weighted by molar-refractivity contribution is 9.10. The Hall–Kier alpha value is -5.75. The number of aromatic amines is 1. The number of carboxylic acids is 1. The molecule has 0 unspecified atom stereocenters. The van der Waals surface area contributed by atoms with Gasteiger partial charge >= 0.3 is 12.3 Å². The number of aliphatic carboxylic acids is 1. The van der Waals surface area contributed by atoms with Crippen LogP contribution in [0.2, 0.25) is 0 Å². The number of aromatic nitrogens is 1. The number of carbonyl (C=O) groups excluding carboxylic acids is 3. The first-order valence-electron chi connectivity index (χ1n) is 19.5. The normalized spacial score (nSPS) is 14.3. The number of fused-ring (bicyclic) bond motifs is 1. The number of alkyl halides is 3. The first kappa shape index (κ1) is 46.3. The fraction of sp³-hybridized carbons (Fsp3) is 0.318. The van der Waals surface area contributed by atoms with Crippen molar-refractivity contribution >= 4 is 56.2 Å². The highest BCUT2D eigenvalue weighted by Gasteiger charge is 2.29. The van der Waals surface area contributed by atoms with E-state index in [9.17, 15) is 37.8 Å². The number of piperidine rings is 1. The van der Waals surface area contributed by atoms with Gasteiger partial charge in [-0.3, -0.25) is 14.9 Å². The lowest BCUT2D eigenvalue weighted by atomic mass is 9.99. The molecule has 0 bridgehead atoms. The van der Waals surface area contributed by atoms with Crippen LogP contribution < -0.4 is 26.6 Å². The molecule has 1 atom stereocenters. The number of phenolic OH excluding ortho intramolecular Hbond substituents is 1. The van der Waals surface area contributed by atoms with Crippen LogP contribution in [0.25, 0.3) is 22.0 Å². The molecule has 0 aliphatic carbocycles. The molecule has 0 saturated carbocycles. The molecule has 6 rings (SSSR count). The number of hydrogen-bond donors (Lipinski definition) is 6. The van der Waals surface area contributed by atoms with Crippen molar-refractivity contribution in [2.75, 3.05) is 44.4 Å². The van der Waals surface area contributed by atoms with Crippen molar-refractivity contribution in [3.8, 4) is 16.9 Å². The van der Waals surface area contributed by atoms with Crippen LogP contribution >= 0.6 is 15.9 Å². The number of rotatable bonds is 13. The minimum Gasteiger partial charge on any atom is -0.542 e. The van der Waals surface area contributed by atoms with E-state index >= 15 is 0 Å².